The lowest BCUT2D eigenvalue weighted by Crippen LogP contribution is -2.43. The molecule has 0 radical (unpaired) electrons. The molecule has 2 heterocycles. The quantitative estimate of drug-likeness (QED) is 0.504. The Kier molecular flexibility index (Phi) is 1.34. The first kappa shape index (κ1) is 6.41. The van der Waals surface area contributed by atoms with Crippen LogP contribution in [-0.4, -0.2) is 12.2 Å². The van der Waals surface area contributed by atoms with Crippen molar-refractivity contribution < 1.29 is 4.74 Å². The predicted octanol–water partition coefficient (Wildman–Crippen LogP) is 2.13. The molecular weight excluding hydrogens is 124 g/mol. The predicted molar refractivity (Wildman–Crippen MR) is 40.8 cm³/mol. The standard InChI is InChI=1S/C9H14O/c1-2-9-5-3-8(4-6-9)7-10-9/h2,8H,1,3-7H2. The second-order valence-electron chi connectivity index (χ2n) is 3.52. The average Bonchev–Trinajstić information content (AvgIpc) is 2.08. The normalized spacial score (nSPS) is 45.4. The summed E-state index contributed by atoms with van der Waals surface area (Å²) in [4.78, 5) is 0. The Balaban J connectivity index is 2.15. The highest BCUT2D eigenvalue weighted by Gasteiger charge is 2.38. The highest BCUT2D eigenvalue weighted by molar-refractivity contribution is 5.03. The number of ether oxygens (including phenoxy) is 1. The highest BCUT2D eigenvalue weighted by atomic mass is 16.5. The van der Waals surface area contributed by atoms with Gasteiger partial charge in [0.2, 0.25) is 0 Å². The van der Waals surface area contributed by atoms with Crippen molar-refractivity contribution >= 4 is 0 Å². The molecule has 1 saturated carbocycles. The lowest BCUT2D eigenvalue weighted by atomic mass is 9.76. The van der Waals surface area contributed by atoms with Crippen LogP contribution in [0.4, 0.5) is 0 Å². The SMILES string of the molecule is C=CC12CCC(CC1)CO2. The molecule has 0 N–H and O–H groups in total. The van der Waals surface area contributed by atoms with Crippen molar-refractivity contribution in [2.75, 3.05) is 6.61 Å². The Hall–Kier alpha value is -0.300. The molecule has 0 amide bonds. The molecule has 3 rings (SSSR count). The summed E-state index contributed by atoms with van der Waals surface area (Å²) in [5.74, 6) is 0.863. The minimum Gasteiger partial charge on any atom is -0.371 e. The van der Waals surface area contributed by atoms with Gasteiger partial charge in [-0.3, -0.25) is 0 Å². The molecule has 2 bridgehead atoms. The van der Waals surface area contributed by atoms with E-state index in [2.05, 4.69) is 6.58 Å². The molecule has 1 aliphatic carbocycles. The van der Waals surface area contributed by atoms with Crippen LogP contribution in [0.25, 0.3) is 0 Å². The van der Waals surface area contributed by atoms with Crippen molar-refractivity contribution in [3.05, 3.63) is 12.7 Å². The maximum atomic E-state index is 5.70. The van der Waals surface area contributed by atoms with E-state index in [1.165, 1.54) is 25.7 Å². The number of rotatable bonds is 1. The second-order valence-corrected chi connectivity index (χ2v) is 3.52. The third kappa shape index (κ3) is 0.807. The summed E-state index contributed by atoms with van der Waals surface area (Å²) in [7, 11) is 0. The third-order valence-electron chi connectivity index (χ3n) is 2.93. The van der Waals surface area contributed by atoms with E-state index in [1.807, 2.05) is 6.08 Å². The Bertz CT molecular complexity index is 129. The van der Waals surface area contributed by atoms with E-state index in [0.717, 1.165) is 12.5 Å². The first-order valence-corrected chi connectivity index (χ1v) is 4.12. The summed E-state index contributed by atoms with van der Waals surface area (Å²) in [6, 6.07) is 0. The molecule has 0 aromatic heterocycles. The third-order valence-corrected chi connectivity index (χ3v) is 2.93. The zero-order valence-electron chi connectivity index (χ0n) is 6.31. The molecule has 1 nitrogen and oxygen atoms in total. The molecule has 0 aromatic carbocycles. The summed E-state index contributed by atoms with van der Waals surface area (Å²) in [6.07, 6.45) is 7.13. The molecule has 1 heteroatoms. The molecule has 3 aliphatic rings. The summed E-state index contributed by atoms with van der Waals surface area (Å²) in [5.41, 5.74) is 0.0920. The molecule has 2 saturated heterocycles. The molecule has 0 spiro atoms. The molecule has 0 aromatic rings. The van der Waals surface area contributed by atoms with Gasteiger partial charge in [0.05, 0.1) is 12.2 Å². The van der Waals surface area contributed by atoms with Crippen LogP contribution in [0.5, 0.6) is 0 Å². The highest BCUT2D eigenvalue weighted by Crippen LogP contribution is 2.41. The fraction of sp³-hybridized carbons (Fsp3) is 0.778. The van der Waals surface area contributed by atoms with Crippen molar-refractivity contribution in [2.45, 2.75) is 31.3 Å². The zero-order valence-corrected chi connectivity index (χ0v) is 6.31. The first-order chi connectivity index (χ1) is 4.85. The van der Waals surface area contributed by atoms with E-state index >= 15 is 0 Å². The minimum atomic E-state index is 0.0920. The Labute approximate surface area is 62.1 Å². The van der Waals surface area contributed by atoms with Gasteiger partial charge in [-0.05, 0) is 31.6 Å². The Morgan fingerprint density at radius 3 is 2.40 bits per heavy atom. The fourth-order valence-corrected chi connectivity index (χ4v) is 2.02. The van der Waals surface area contributed by atoms with Gasteiger partial charge in [-0.2, -0.15) is 0 Å². The zero-order chi connectivity index (χ0) is 7.03. The van der Waals surface area contributed by atoms with Gasteiger partial charge in [-0.25, -0.2) is 0 Å². The van der Waals surface area contributed by atoms with Crippen LogP contribution in [0.1, 0.15) is 25.7 Å². The van der Waals surface area contributed by atoms with Crippen LogP contribution >= 0.6 is 0 Å². The largest absolute Gasteiger partial charge is 0.371 e. The summed E-state index contributed by atoms with van der Waals surface area (Å²) in [5, 5.41) is 0. The van der Waals surface area contributed by atoms with Crippen LogP contribution in [0.2, 0.25) is 0 Å². The van der Waals surface area contributed by atoms with Crippen molar-refractivity contribution in [3.8, 4) is 0 Å². The summed E-state index contributed by atoms with van der Waals surface area (Å²) < 4.78 is 5.70. The van der Waals surface area contributed by atoms with E-state index in [-0.39, 0.29) is 5.60 Å². The van der Waals surface area contributed by atoms with Gasteiger partial charge in [-0.15, -0.1) is 6.58 Å². The maximum absolute atomic E-state index is 5.70. The Morgan fingerprint density at radius 2 is 2.10 bits per heavy atom. The van der Waals surface area contributed by atoms with Crippen LogP contribution < -0.4 is 0 Å². The number of hydrogen-bond donors (Lipinski definition) is 0. The van der Waals surface area contributed by atoms with Crippen LogP contribution in [-0.2, 0) is 4.74 Å². The van der Waals surface area contributed by atoms with Crippen LogP contribution in [0.15, 0.2) is 12.7 Å². The van der Waals surface area contributed by atoms with E-state index < -0.39 is 0 Å². The average molecular weight is 138 g/mol. The van der Waals surface area contributed by atoms with Crippen molar-refractivity contribution in [1.29, 1.82) is 0 Å². The van der Waals surface area contributed by atoms with Crippen LogP contribution in [0, 0.1) is 5.92 Å². The van der Waals surface area contributed by atoms with Gasteiger partial charge < -0.3 is 4.74 Å². The molecule has 56 valence electrons. The first-order valence-electron chi connectivity index (χ1n) is 4.12. The molecule has 10 heavy (non-hydrogen) atoms. The lowest BCUT2D eigenvalue weighted by molar-refractivity contribution is -0.113. The van der Waals surface area contributed by atoms with Crippen molar-refractivity contribution in [3.63, 3.8) is 0 Å². The minimum absolute atomic E-state index is 0.0920. The molecule has 2 aliphatic heterocycles. The fourth-order valence-electron chi connectivity index (χ4n) is 2.02. The summed E-state index contributed by atoms with van der Waals surface area (Å²) in [6.45, 7) is 4.81. The van der Waals surface area contributed by atoms with Crippen molar-refractivity contribution in [1.82, 2.24) is 0 Å². The maximum Gasteiger partial charge on any atom is 0.0860 e. The molecule has 0 atom stereocenters. The lowest BCUT2D eigenvalue weighted by Gasteiger charge is -2.44. The van der Waals surface area contributed by atoms with Gasteiger partial charge in [-0.1, -0.05) is 6.08 Å². The van der Waals surface area contributed by atoms with E-state index in [0.29, 0.717) is 0 Å². The smallest absolute Gasteiger partial charge is 0.0860 e. The van der Waals surface area contributed by atoms with Gasteiger partial charge in [0.25, 0.3) is 0 Å². The monoisotopic (exact) mass is 138 g/mol. The second kappa shape index (κ2) is 2.09. The van der Waals surface area contributed by atoms with Gasteiger partial charge in [0.15, 0.2) is 0 Å². The van der Waals surface area contributed by atoms with E-state index in [4.69, 9.17) is 4.74 Å². The van der Waals surface area contributed by atoms with Gasteiger partial charge >= 0.3 is 0 Å². The van der Waals surface area contributed by atoms with Crippen molar-refractivity contribution in [2.24, 2.45) is 5.92 Å². The summed E-state index contributed by atoms with van der Waals surface area (Å²) >= 11 is 0. The topological polar surface area (TPSA) is 9.23 Å². The number of fused-ring (bicyclic) bond motifs is 3. The molecular formula is C9H14O. The Morgan fingerprint density at radius 1 is 1.40 bits per heavy atom. The van der Waals surface area contributed by atoms with Gasteiger partial charge in [0.1, 0.15) is 0 Å². The van der Waals surface area contributed by atoms with E-state index in [1.54, 1.807) is 0 Å². The van der Waals surface area contributed by atoms with Crippen LogP contribution in [0.3, 0.4) is 0 Å². The number of hydrogen-bond acceptors (Lipinski definition) is 1. The molecule has 0 unspecified atom stereocenters. The van der Waals surface area contributed by atoms with E-state index in [9.17, 15) is 0 Å². The molecule has 3 fully saturated rings. The van der Waals surface area contributed by atoms with Gasteiger partial charge in [0, 0.05) is 0 Å².